The average molecular weight is 194 g/mol. The van der Waals surface area contributed by atoms with Gasteiger partial charge in [0.2, 0.25) is 0 Å². The van der Waals surface area contributed by atoms with Crippen molar-refractivity contribution in [3.8, 4) is 0 Å². The molecule has 0 bridgehead atoms. The number of carbonyl (C=O) groups excluding carboxylic acids is 1. The van der Waals surface area contributed by atoms with E-state index in [1.807, 2.05) is 25.1 Å². The summed E-state index contributed by atoms with van der Waals surface area (Å²) in [6, 6.07) is 5.68. The van der Waals surface area contributed by atoms with Crippen LogP contribution in [-0.4, -0.2) is 13.2 Å². The van der Waals surface area contributed by atoms with Gasteiger partial charge in [0.05, 0.1) is 7.11 Å². The lowest BCUT2D eigenvalue weighted by Gasteiger charge is -2.06. The van der Waals surface area contributed by atoms with E-state index in [4.69, 9.17) is 5.73 Å². The van der Waals surface area contributed by atoms with Crippen LogP contribution in [0.5, 0.6) is 0 Å². The summed E-state index contributed by atoms with van der Waals surface area (Å²) in [5, 5.41) is 2.58. The lowest BCUT2D eigenvalue weighted by molar-refractivity contribution is 0.170. The predicted molar refractivity (Wildman–Crippen MR) is 54.8 cm³/mol. The van der Waals surface area contributed by atoms with Crippen LogP contribution in [0, 0.1) is 6.92 Å². The first kappa shape index (κ1) is 10.4. The minimum absolute atomic E-state index is 0.428. The molecule has 76 valence electrons. The van der Waals surface area contributed by atoms with Crippen molar-refractivity contribution in [2.45, 2.75) is 13.5 Å². The van der Waals surface area contributed by atoms with Gasteiger partial charge in [0.25, 0.3) is 0 Å². The number of ether oxygens (including phenoxy) is 1. The number of amides is 1. The monoisotopic (exact) mass is 194 g/mol. The molecule has 3 N–H and O–H groups in total. The van der Waals surface area contributed by atoms with Crippen molar-refractivity contribution in [3.05, 3.63) is 29.3 Å². The Morgan fingerprint density at radius 1 is 1.57 bits per heavy atom. The van der Waals surface area contributed by atoms with E-state index < -0.39 is 6.09 Å². The number of rotatable bonds is 2. The summed E-state index contributed by atoms with van der Waals surface area (Å²) in [4.78, 5) is 10.8. The Labute approximate surface area is 83.1 Å². The largest absolute Gasteiger partial charge is 0.453 e. The Kier molecular flexibility index (Phi) is 3.34. The SMILES string of the molecule is COC(=O)NCc1ccc(C)c(N)c1. The molecule has 1 rings (SSSR count). The second-order valence-electron chi connectivity index (χ2n) is 3.04. The van der Waals surface area contributed by atoms with Crippen molar-refractivity contribution < 1.29 is 9.53 Å². The molecule has 4 nitrogen and oxygen atoms in total. The zero-order chi connectivity index (χ0) is 10.6. The first-order chi connectivity index (χ1) is 6.63. The predicted octanol–water partition coefficient (Wildman–Crippen LogP) is 1.43. The van der Waals surface area contributed by atoms with Crippen molar-refractivity contribution in [3.63, 3.8) is 0 Å². The maximum atomic E-state index is 10.8. The molecule has 0 unspecified atom stereocenters. The number of anilines is 1. The third kappa shape index (κ3) is 2.65. The Morgan fingerprint density at radius 2 is 2.29 bits per heavy atom. The Hall–Kier alpha value is -1.71. The molecule has 0 aromatic heterocycles. The van der Waals surface area contributed by atoms with Gasteiger partial charge in [0, 0.05) is 12.2 Å². The zero-order valence-electron chi connectivity index (χ0n) is 8.33. The molecular weight excluding hydrogens is 180 g/mol. The number of nitrogen functional groups attached to an aromatic ring is 1. The minimum Gasteiger partial charge on any atom is -0.453 e. The molecule has 1 aromatic rings. The molecule has 0 aliphatic heterocycles. The number of nitrogens with one attached hydrogen (secondary N) is 1. The zero-order valence-corrected chi connectivity index (χ0v) is 8.33. The van der Waals surface area contributed by atoms with Crippen LogP contribution in [0.2, 0.25) is 0 Å². The third-order valence-electron chi connectivity index (χ3n) is 1.97. The third-order valence-corrected chi connectivity index (χ3v) is 1.97. The summed E-state index contributed by atoms with van der Waals surface area (Å²) >= 11 is 0. The van der Waals surface area contributed by atoms with Crippen LogP contribution in [-0.2, 0) is 11.3 Å². The van der Waals surface area contributed by atoms with Crippen LogP contribution in [0.4, 0.5) is 10.5 Å². The first-order valence-corrected chi connectivity index (χ1v) is 4.30. The number of aryl methyl sites for hydroxylation is 1. The topological polar surface area (TPSA) is 64.3 Å². The molecule has 1 aromatic carbocycles. The molecule has 1 amide bonds. The van der Waals surface area contributed by atoms with Gasteiger partial charge in [0.1, 0.15) is 0 Å². The molecule has 0 heterocycles. The summed E-state index contributed by atoms with van der Waals surface area (Å²) in [5.74, 6) is 0. The summed E-state index contributed by atoms with van der Waals surface area (Å²) in [5.41, 5.74) is 8.44. The highest BCUT2D eigenvalue weighted by atomic mass is 16.5. The molecule has 14 heavy (non-hydrogen) atoms. The smallest absolute Gasteiger partial charge is 0.407 e. The number of alkyl carbamates (subject to hydrolysis) is 1. The number of benzene rings is 1. The molecule has 0 saturated carbocycles. The molecule has 0 fully saturated rings. The van der Waals surface area contributed by atoms with E-state index in [9.17, 15) is 4.79 Å². The van der Waals surface area contributed by atoms with Crippen LogP contribution in [0.1, 0.15) is 11.1 Å². The average Bonchev–Trinajstić information content (AvgIpc) is 2.19. The van der Waals surface area contributed by atoms with Crippen molar-refractivity contribution >= 4 is 11.8 Å². The normalized spacial score (nSPS) is 9.57. The Bertz CT molecular complexity index is 337. The van der Waals surface area contributed by atoms with Gasteiger partial charge < -0.3 is 15.8 Å². The van der Waals surface area contributed by atoms with Crippen LogP contribution in [0.25, 0.3) is 0 Å². The van der Waals surface area contributed by atoms with E-state index in [0.717, 1.165) is 16.8 Å². The number of hydrogen-bond acceptors (Lipinski definition) is 3. The van der Waals surface area contributed by atoms with Gasteiger partial charge in [-0.25, -0.2) is 4.79 Å². The minimum atomic E-state index is -0.441. The van der Waals surface area contributed by atoms with Crippen molar-refractivity contribution in [1.29, 1.82) is 0 Å². The lowest BCUT2D eigenvalue weighted by Crippen LogP contribution is -2.22. The van der Waals surface area contributed by atoms with E-state index >= 15 is 0 Å². The van der Waals surface area contributed by atoms with E-state index in [-0.39, 0.29) is 0 Å². The molecule has 4 heteroatoms. The lowest BCUT2D eigenvalue weighted by atomic mass is 10.1. The van der Waals surface area contributed by atoms with Gasteiger partial charge in [-0.1, -0.05) is 12.1 Å². The molecule has 0 aliphatic rings. The highest BCUT2D eigenvalue weighted by molar-refractivity contribution is 5.67. The van der Waals surface area contributed by atoms with E-state index in [0.29, 0.717) is 6.54 Å². The summed E-state index contributed by atoms with van der Waals surface area (Å²) < 4.78 is 4.44. The first-order valence-electron chi connectivity index (χ1n) is 4.30. The van der Waals surface area contributed by atoms with Gasteiger partial charge in [-0.15, -0.1) is 0 Å². The van der Waals surface area contributed by atoms with Gasteiger partial charge in [-0.3, -0.25) is 0 Å². The Balaban J connectivity index is 2.60. The molecule has 0 atom stereocenters. The number of carbonyl (C=O) groups is 1. The van der Waals surface area contributed by atoms with E-state index in [2.05, 4.69) is 10.1 Å². The van der Waals surface area contributed by atoms with Crippen LogP contribution >= 0.6 is 0 Å². The fraction of sp³-hybridized carbons (Fsp3) is 0.300. The van der Waals surface area contributed by atoms with Crippen molar-refractivity contribution in [2.75, 3.05) is 12.8 Å². The number of methoxy groups -OCH3 is 1. The number of hydrogen-bond donors (Lipinski definition) is 2. The van der Waals surface area contributed by atoms with E-state index in [1.54, 1.807) is 0 Å². The highest BCUT2D eigenvalue weighted by Gasteiger charge is 2.00. The summed E-state index contributed by atoms with van der Waals surface area (Å²) in [7, 11) is 1.33. The maximum Gasteiger partial charge on any atom is 0.407 e. The van der Waals surface area contributed by atoms with Crippen LogP contribution in [0.15, 0.2) is 18.2 Å². The number of nitrogens with two attached hydrogens (primary N) is 1. The highest BCUT2D eigenvalue weighted by Crippen LogP contribution is 2.12. The molecule has 0 radical (unpaired) electrons. The van der Waals surface area contributed by atoms with Crippen molar-refractivity contribution in [1.82, 2.24) is 5.32 Å². The van der Waals surface area contributed by atoms with Gasteiger partial charge in [-0.2, -0.15) is 0 Å². The van der Waals surface area contributed by atoms with Gasteiger partial charge >= 0.3 is 6.09 Å². The van der Waals surface area contributed by atoms with E-state index in [1.165, 1.54) is 7.11 Å². The molecule has 0 spiro atoms. The standard InChI is InChI=1S/C10H14N2O2/c1-7-3-4-8(5-9(7)11)6-12-10(13)14-2/h3-5H,6,11H2,1-2H3,(H,12,13). The fourth-order valence-electron chi connectivity index (χ4n) is 1.05. The second kappa shape index (κ2) is 4.50. The van der Waals surface area contributed by atoms with Crippen molar-refractivity contribution in [2.24, 2.45) is 0 Å². The van der Waals surface area contributed by atoms with Gasteiger partial charge in [0.15, 0.2) is 0 Å². The maximum absolute atomic E-state index is 10.8. The quantitative estimate of drug-likeness (QED) is 0.700. The summed E-state index contributed by atoms with van der Waals surface area (Å²) in [6.07, 6.45) is -0.441. The molecule has 0 aliphatic carbocycles. The van der Waals surface area contributed by atoms with Gasteiger partial charge in [-0.05, 0) is 24.1 Å². The van der Waals surface area contributed by atoms with Crippen LogP contribution < -0.4 is 11.1 Å². The molecule has 0 saturated heterocycles. The molecular formula is C10H14N2O2. The van der Waals surface area contributed by atoms with Crippen LogP contribution in [0.3, 0.4) is 0 Å². The second-order valence-corrected chi connectivity index (χ2v) is 3.04. The Morgan fingerprint density at radius 3 is 2.86 bits per heavy atom. The summed E-state index contributed by atoms with van der Waals surface area (Å²) in [6.45, 7) is 2.37. The fourth-order valence-corrected chi connectivity index (χ4v) is 1.05.